The number of carbonyl (C=O) groups is 1. The van der Waals surface area contributed by atoms with Crippen LogP contribution in [-0.4, -0.2) is 18.5 Å². The van der Waals surface area contributed by atoms with E-state index in [1.165, 1.54) is 12.8 Å². The van der Waals surface area contributed by atoms with E-state index in [1.807, 2.05) is 29.6 Å². The predicted octanol–water partition coefficient (Wildman–Crippen LogP) is 2.66. The Morgan fingerprint density at radius 2 is 2.00 bits per heavy atom. The summed E-state index contributed by atoms with van der Waals surface area (Å²) in [5.41, 5.74) is 1.08. The van der Waals surface area contributed by atoms with Gasteiger partial charge in [0.25, 0.3) is 5.91 Å². The molecule has 3 N–H and O–H groups in total. The first-order valence-electron chi connectivity index (χ1n) is 7.93. The minimum Gasteiger partial charge on any atom is -0.348 e. The van der Waals surface area contributed by atoms with E-state index in [2.05, 4.69) is 19.2 Å². The normalized spacial score (nSPS) is 23.6. The minimum absolute atomic E-state index is 0.133. The summed E-state index contributed by atoms with van der Waals surface area (Å²) < 4.78 is 0. The molecule has 0 bridgehead atoms. The highest BCUT2D eigenvalue weighted by Crippen LogP contribution is 2.23. The molecular weight excluding hydrogens is 284 g/mol. The van der Waals surface area contributed by atoms with Crippen LogP contribution in [0.3, 0.4) is 0 Å². The van der Waals surface area contributed by atoms with Gasteiger partial charge in [0, 0.05) is 16.6 Å². The van der Waals surface area contributed by atoms with Crippen molar-refractivity contribution in [3.05, 3.63) is 34.9 Å². The lowest BCUT2D eigenvalue weighted by Crippen LogP contribution is -2.87. The summed E-state index contributed by atoms with van der Waals surface area (Å²) in [6.07, 6.45) is 4.69. The molecule has 0 aromatic heterocycles. The number of amides is 1. The van der Waals surface area contributed by atoms with Crippen molar-refractivity contribution in [2.24, 2.45) is 5.92 Å². The van der Waals surface area contributed by atoms with Crippen LogP contribution in [-0.2, 0) is 4.79 Å². The van der Waals surface area contributed by atoms with Crippen LogP contribution in [0.25, 0.3) is 0 Å². The van der Waals surface area contributed by atoms with Gasteiger partial charge in [0.2, 0.25) is 0 Å². The second-order valence-electron chi connectivity index (χ2n) is 6.27. The van der Waals surface area contributed by atoms with Crippen molar-refractivity contribution in [2.75, 3.05) is 6.54 Å². The van der Waals surface area contributed by atoms with E-state index in [0.29, 0.717) is 12.6 Å². The van der Waals surface area contributed by atoms with Gasteiger partial charge in [-0.1, -0.05) is 36.7 Å². The molecule has 2 rings (SSSR count). The third-order valence-corrected chi connectivity index (χ3v) is 4.78. The van der Waals surface area contributed by atoms with Crippen LogP contribution in [0, 0.1) is 5.92 Å². The van der Waals surface area contributed by atoms with Crippen LogP contribution in [0.5, 0.6) is 0 Å². The largest absolute Gasteiger partial charge is 0.348 e. The number of nitrogens with two attached hydrogens (primary N) is 1. The molecule has 0 unspecified atom stereocenters. The first-order chi connectivity index (χ1) is 10.1. The monoisotopic (exact) mass is 309 g/mol. The Bertz CT molecular complexity index is 470. The molecular formula is C17H26ClN2O+. The molecule has 1 saturated carbocycles. The van der Waals surface area contributed by atoms with E-state index in [4.69, 9.17) is 11.6 Å². The summed E-state index contributed by atoms with van der Waals surface area (Å²) in [4.78, 5) is 12.0. The molecule has 1 fully saturated rings. The van der Waals surface area contributed by atoms with Crippen LogP contribution in [0.15, 0.2) is 24.3 Å². The summed E-state index contributed by atoms with van der Waals surface area (Å²) in [5.74, 6) is 0.943. The maximum Gasteiger partial charge on any atom is 0.275 e. The van der Waals surface area contributed by atoms with Gasteiger partial charge in [-0.25, -0.2) is 0 Å². The molecule has 116 valence electrons. The molecule has 0 aliphatic heterocycles. The lowest BCUT2D eigenvalue weighted by atomic mass is 9.87. The molecule has 1 aliphatic carbocycles. The molecule has 0 radical (unpaired) electrons. The van der Waals surface area contributed by atoms with Crippen molar-refractivity contribution >= 4 is 17.5 Å². The van der Waals surface area contributed by atoms with Crippen molar-refractivity contribution in [2.45, 2.75) is 51.6 Å². The fourth-order valence-corrected chi connectivity index (χ4v) is 3.25. The maximum atomic E-state index is 12.0. The quantitative estimate of drug-likeness (QED) is 0.863. The van der Waals surface area contributed by atoms with Gasteiger partial charge in [-0.2, -0.15) is 0 Å². The Kier molecular flexibility index (Phi) is 6.07. The zero-order valence-corrected chi connectivity index (χ0v) is 13.7. The number of rotatable bonds is 5. The predicted molar refractivity (Wildman–Crippen MR) is 86.2 cm³/mol. The van der Waals surface area contributed by atoms with E-state index in [9.17, 15) is 4.79 Å². The van der Waals surface area contributed by atoms with Crippen LogP contribution >= 0.6 is 11.6 Å². The molecule has 1 aliphatic rings. The van der Waals surface area contributed by atoms with Crippen molar-refractivity contribution in [1.82, 2.24) is 5.32 Å². The fraction of sp³-hybridized carbons (Fsp3) is 0.588. The van der Waals surface area contributed by atoms with E-state index in [-0.39, 0.29) is 11.9 Å². The molecule has 3 nitrogen and oxygen atoms in total. The smallest absolute Gasteiger partial charge is 0.275 e. The van der Waals surface area contributed by atoms with Gasteiger partial charge in [-0.3, -0.25) is 4.79 Å². The van der Waals surface area contributed by atoms with Crippen molar-refractivity contribution in [1.29, 1.82) is 0 Å². The fourth-order valence-electron chi connectivity index (χ4n) is 2.95. The first kappa shape index (κ1) is 16.3. The van der Waals surface area contributed by atoms with E-state index < -0.39 is 0 Å². The van der Waals surface area contributed by atoms with Crippen LogP contribution in [0.4, 0.5) is 0 Å². The third kappa shape index (κ3) is 5.01. The zero-order valence-electron chi connectivity index (χ0n) is 12.9. The van der Waals surface area contributed by atoms with Crippen LogP contribution in [0.2, 0.25) is 5.02 Å². The lowest BCUT2D eigenvalue weighted by Gasteiger charge is -2.26. The molecule has 1 amide bonds. The van der Waals surface area contributed by atoms with Crippen LogP contribution in [0.1, 0.15) is 51.1 Å². The number of hydrogen-bond donors (Lipinski definition) is 2. The zero-order chi connectivity index (χ0) is 15.2. The van der Waals surface area contributed by atoms with Crippen molar-refractivity contribution in [3.63, 3.8) is 0 Å². The average Bonchev–Trinajstić information content (AvgIpc) is 2.48. The van der Waals surface area contributed by atoms with E-state index in [1.54, 1.807) is 0 Å². The highest BCUT2D eigenvalue weighted by Gasteiger charge is 2.21. The van der Waals surface area contributed by atoms with E-state index in [0.717, 1.165) is 29.3 Å². The highest BCUT2D eigenvalue weighted by molar-refractivity contribution is 6.31. The maximum absolute atomic E-state index is 12.0. The summed E-state index contributed by atoms with van der Waals surface area (Å²) in [6.45, 7) is 4.83. The van der Waals surface area contributed by atoms with Crippen molar-refractivity contribution < 1.29 is 10.1 Å². The van der Waals surface area contributed by atoms with E-state index >= 15 is 0 Å². The second-order valence-corrected chi connectivity index (χ2v) is 6.68. The number of benzene rings is 1. The number of quaternary nitrogens is 1. The molecule has 1 atom stereocenters. The molecule has 1 aromatic rings. The van der Waals surface area contributed by atoms with Crippen molar-refractivity contribution in [3.8, 4) is 0 Å². The van der Waals surface area contributed by atoms with Gasteiger partial charge < -0.3 is 10.6 Å². The Hall–Kier alpha value is -1.06. The summed E-state index contributed by atoms with van der Waals surface area (Å²) in [6, 6.07) is 8.38. The number of carbonyl (C=O) groups excluding carboxylic acids is 1. The molecule has 4 heteroatoms. The van der Waals surface area contributed by atoms with Gasteiger partial charge in [0.1, 0.15) is 6.04 Å². The topological polar surface area (TPSA) is 45.7 Å². The number of hydrogen-bond acceptors (Lipinski definition) is 1. The molecule has 0 saturated heterocycles. The second kappa shape index (κ2) is 7.81. The van der Waals surface area contributed by atoms with Gasteiger partial charge in [0.05, 0.1) is 0 Å². The average molecular weight is 310 g/mol. The Balaban J connectivity index is 1.75. The Morgan fingerprint density at radius 1 is 1.33 bits per heavy atom. The molecule has 21 heavy (non-hydrogen) atoms. The molecule has 0 spiro atoms. The number of nitrogens with one attached hydrogen (secondary N) is 1. The van der Waals surface area contributed by atoms with Gasteiger partial charge in [-0.05, 0) is 44.6 Å². The SMILES string of the molecule is CC1CCC(NC(=O)C[NH2+][C@@H](C)c2ccccc2Cl)CC1. The van der Waals surface area contributed by atoms with Gasteiger partial charge in [-0.15, -0.1) is 0 Å². The molecule has 0 heterocycles. The standard InChI is InChI=1S/C17H25ClN2O/c1-12-7-9-14(10-8-12)20-17(21)11-19-13(2)15-5-3-4-6-16(15)18/h3-6,12-14,19H,7-11H2,1-2H3,(H,20,21)/p+1/t12?,13-,14?/m0/s1. The molecule has 1 aromatic carbocycles. The third-order valence-electron chi connectivity index (χ3n) is 4.43. The Labute approximate surface area is 132 Å². The Morgan fingerprint density at radius 3 is 2.67 bits per heavy atom. The van der Waals surface area contributed by atoms with Crippen LogP contribution < -0.4 is 10.6 Å². The summed E-state index contributed by atoms with van der Waals surface area (Å²) >= 11 is 6.18. The lowest BCUT2D eigenvalue weighted by molar-refractivity contribution is -0.682. The summed E-state index contributed by atoms with van der Waals surface area (Å²) in [5, 5.41) is 5.97. The van der Waals surface area contributed by atoms with Gasteiger partial charge >= 0.3 is 0 Å². The number of halogens is 1. The highest BCUT2D eigenvalue weighted by atomic mass is 35.5. The summed E-state index contributed by atoms with van der Waals surface area (Å²) in [7, 11) is 0. The van der Waals surface area contributed by atoms with Gasteiger partial charge in [0.15, 0.2) is 6.54 Å². The first-order valence-corrected chi connectivity index (χ1v) is 8.31. The minimum atomic E-state index is 0.133.